The van der Waals surface area contributed by atoms with Gasteiger partial charge in [-0.3, -0.25) is 4.79 Å². The lowest BCUT2D eigenvalue weighted by atomic mass is 10.3. The maximum atomic E-state index is 12.2. The normalized spacial score (nSPS) is 15.0. The van der Waals surface area contributed by atoms with Gasteiger partial charge < -0.3 is 9.88 Å². The number of aromatic nitrogens is 1. The highest BCUT2D eigenvalue weighted by Gasteiger charge is 2.26. The van der Waals surface area contributed by atoms with E-state index >= 15 is 0 Å². The summed E-state index contributed by atoms with van der Waals surface area (Å²) in [5, 5.41) is 2.84. The van der Waals surface area contributed by atoms with Crippen LogP contribution >= 0.6 is 11.3 Å². The Kier molecular flexibility index (Phi) is 4.07. The number of nitrogens with zero attached hydrogens (tertiary/aromatic N) is 1. The van der Waals surface area contributed by atoms with E-state index in [1.807, 2.05) is 16.8 Å². The molecular formula is C14H17N3O3S2. The molecule has 0 atom stereocenters. The fraction of sp³-hybridized carbons (Fsp3) is 0.357. The van der Waals surface area contributed by atoms with Crippen LogP contribution in [0.1, 0.15) is 34.2 Å². The lowest BCUT2D eigenvalue weighted by molar-refractivity contribution is 0.0942. The van der Waals surface area contributed by atoms with Gasteiger partial charge >= 0.3 is 0 Å². The third-order valence-electron chi connectivity index (χ3n) is 3.55. The molecule has 3 rings (SSSR count). The van der Waals surface area contributed by atoms with E-state index in [0.29, 0.717) is 18.3 Å². The van der Waals surface area contributed by atoms with Crippen molar-refractivity contribution >= 4 is 27.3 Å². The molecule has 2 aromatic rings. The molecule has 1 aliphatic rings. The molecule has 0 aliphatic heterocycles. The van der Waals surface area contributed by atoms with Crippen LogP contribution in [0.4, 0.5) is 0 Å². The van der Waals surface area contributed by atoms with Gasteiger partial charge in [0.2, 0.25) is 10.0 Å². The van der Waals surface area contributed by atoms with Crippen LogP contribution in [-0.4, -0.2) is 25.9 Å². The van der Waals surface area contributed by atoms with Gasteiger partial charge in [0.1, 0.15) is 9.90 Å². The molecule has 0 saturated heterocycles. The number of rotatable bonds is 6. The fourth-order valence-corrected chi connectivity index (χ4v) is 4.35. The maximum Gasteiger partial charge on any atom is 0.268 e. The summed E-state index contributed by atoms with van der Waals surface area (Å²) in [6, 6.07) is 7.39. The minimum Gasteiger partial charge on any atom is -0.346 e. The van der Waals surface area contributed by atoms with Crippen molar-refractivity contribution in [3.8, 4) is 0 Å². The standard InChI is InChI=1S/C14H17N3O3S2/c1-15-22(19,20)13-7-6-11(21-13)9-16-14(18)12-3-2-8-17(12)10-4-5-10/h2-3,6-8,10,15H,4-5,9H2,1H3,(H,16,18). The van der Waals surface area contributed by atoms with Crippen molar-refractivity contribution in [3.05, 3.63) is 41.0 Å². The van der Waals surface area contributed by atoms with E-state index in [-0.39, 0.29) is 10.1 Å². The van der Waals surface area contributed by atoms with Gasteiger partial charge in [0.25, 0.3) is 5.91 Å². The number of nitrogens with one attached hydrogen (secondary N) is 2. The van der Waals surface area contributed by atoms with Crippen molar-refractivity contribution < 1.29 is 13.2 Å². The molecule has 1 aliphatic carbocycles. The minimum atomic E-state index is -3.42. The number of hydrogen-bond donors (Lipinski definition) is 2. The first-order valence-electron chi connectivity index (χ1n) is 6.98. The van der Waals surface area contributed by atoms with Gasteiger partial charge in [0.15, 0.2) is 0 Å². The second-order valence-corrected chi connectivity index (χ2v) is 8.42. The zero-order valence-electron chi connectivity index (χ0n) is 12.1. The molecule has 2 aromatic heterocycles. The Hall–Kier alpha value is -1.64. The Morgan fingerprint density at radius 3 is 2.82 bits per heavy atom. The van der Waals surface area contributed by atoms with Crippen molar-refractivity contribution in [2.75, 3.05) is 7.05 Å². The largest absolute Gasteiger partial charge is 0.346 e. The van der Waals surface area contributed by atoms with E-state index in [0.717, 1.165) is 29.1 Å². The molecule has 1 saturated carbocycles. The minimum absolute atomic E-state index is 0.136. The summed E-state index contributed by atoms with van der Waals surface area (Å²) in [7, 11) is -2.04. The number of carbonyl (C=O) groups is 1. The van der Waals surface area contributed by atoms with Crippen LogP contribution < -0.4 is 10.0 Å². The Morgan fingerprint density at radius 1 is 1.36 bits per heavy atom. The molecule has 0 spiro atoms. The lowest BCUT2D eigenvalue weighted by Crippen LogP contribution is -2.24. The molecule has 1 amide bonds. The molecule has 0 unspecified atom stereocenters. The summed E-state index contributed by atoms with van der Waals surface area (Å²) in [6.07, 6.45) is 4.16. The van der Waals surface area contributed by atoms with E-state index in [1.54, 1.807) is 18.2 Å². The average Bonchev–Trinajstić information content (AvgIpc) is 3.05. The number of thiophene rings is 1. The van der Waals surface area contributed by atoms with E-state index in [2.05, 4.69) is 10.0 Å². The molecule has 6 nitrogen and oxygen atoms in total. The van der Waals surface area contributed by atoms with Crippen molar-refractivity contribution in [2.24, 2.45) is 0 Å². The van der Waals surface area contributed by atoms with Crippen LogP contribution in [0.5, 0.6) is 0 Å². The molecule has 0 aromatic carbocycles. The summed E-state index contributed by atoms with van der Waals surface area (Å²) in [5.74, 6) is -0.136. The third-order valence-corrected chi connectivity index (χ3v) is 6.54. The van der Waals surface area contributed by atoms with Crippen LogP contribution in [0.25, 0.3) is 0 Å². The molecule has 22 heavy (non-hydrogen) atoms. The molecule has 118 valence electrons. The smallest absolute Gasteiger partial charge is 0.268 e. The maximum absolute atomic E-state index is 12.2. The highest BCUT2D eigenvalue weighted by Crippen LogP contribution is 2.36. The van der Waals surface area contributed by atoms with Crippen LogP contribution in [0.2, 0.25) is 0 Å². The van der Waals surface area contributed by atoms with E-state index in [1.165, 1.54) is 7.05 Å². The van der Waals surface area contributed by atoms with Gasteiger partial charge in [-0.25, -0.2) is 13.1 Å². The van der Waals surface area contributed by atoms with Crippen LogP contribution in [0.3, 0.4) is 0 Å². The van der Waals surface area contributed by atoms with Crippen molar-refractivity contribution in [1.29, 1.82) is 0 Å². The molecule has 8 heteroatoms. The van der Waals surface area contributed by atoms with Crippen molar-refractivity contribution in [2.45, 2.75) is 29.6 Å². The zero-order valence-corrected chi connectivity index (χ0v) is 13.7. The van der Waals surface area contributed by atoms with Gasteiger partial charge in [-0.2, -0.15) is 0 Å². The molecule has 2 heterocycles. The molecule has 0 bridgehead atoms. The number of hydrogen-bond acceptors (Lipinski definition) is 4. The zero-order chi connectivity index (χ0) is 15.7. The predicted octanol–water partition coefficient (Wildman–Crippen LogP) is 1.72. The SMILES string of the molecule is CNS(=O)(=O)c1ccc(CNC(=O)c2cccn2C2CC2)s1. The fourth-order valence-electron chi connectivity index (χ4n) is 2.21. The van der Waals surface area contributed by atoms with Crippen molar-refractivity contribution in [1.82, 2.24) is 14.6 Å². The predicted molar refractivity (Wildman–Crippen MR) is 84.4 cm³/mol. The molecule has 0 radical (unpaired) electrons. The number of carbonyl (C=O) groups excluding carboxylic acids is 1. The summed E-state index contributed by atoms with van der Waals surface area (Å²) in [5.41, 5.74) is 0.655. The molecular weight excluding hydrogens is 322 g/mol. The van der Waals surface area contributed by atoms with Gasteiger partial charge in [-0.05, 0) is 44.2 Å². The van der Waals surface area contributed by atoms with Crippen LogP contribution in [0, 0.1) is 0 Å². The van der Waals surface area contributed by atoms with Gasteiger partial charge in [-0.1, -0.05) is 0 Å². The summed E-state index contributed by atoms with van der Waals surface area (Å²) < 4.78 is 27.9. The monoisotopic (exact) mass is 339 g/mol. The molecule has 1 fully saturated rings. The van der Waals surface area contributed by atoms with E-state index in [4.69, 9.17) is 0 Å². The van der Waals surface area contributed by atoms with Crippen LogP contribution in [-0.2, 0) is 16.6 Å². The highest BCUT2D eigenvalue weighted by molar-refractivity contribution is 7.91. The summed E-state index contributed by atoms with van der Waals surface area (Å²) >= 11 is 1.15. The first kappa shape index (κ1) is 15.3. The highest BCUT2D eigenvalue weighted by atomic mass is 32.2. The Morgan fingerprint density at radius 2 is 2.14 bits per heavy atom. The second kappa shape index (κ2) is 5.86. The van der Waals surface area contributed by atoms with Crippen LogP contribution in [0.15, 0.2) is 34.7 Å². The second-order valence-electron chi connectivity index (χ2n) is 5.14. The first-order chi connectivity index (χ1) is 10.5. The van der Waals surface area contributed by atoms with Gasteiger partial charge in [-0.15, -0.1) is 11.3 Å². The lowest BCUT2D eigenvalue weighted by Gasteiger charge is -2.08. The Bertz CT molecular complexity index is 788. The quantitative estimate of drug-likeness (QED) is 0.841. The molecule has 2 N–H and O–H groups in total. The summed E-state index contributed by atoms with van der Waals surface area (Å²) in [6.45, 7) is 0.318. The Labute approximate surface area is 133 Å². The Balaban J connectivity index is 1.65. The van der Waals surface area contributed by atoms with Crippen molar-refractivity contribution in [3.63, 3.8) is 0 Å². The number of sulfonamides is 1. The van der Waals surface area contributed by atoms with Gasteiger partial charge in [0, 0.05) is 17.1 Å². The van der Waals surface area contributed by atoms with E-state index < -0.39 is 10.0 Å². The topological polar surface area (TPSA) is 80.2 Å². The first-order valence-corrected chi connectivity index (χ1v) is 9.28. The van der Waals surface area contributed by atoms with Gasteiger partial charge in [0.05, 0.1) is 6.54 Å². The average molecular weight is 339 g/mol. The summed E-state index contributed by atoms with van der Waals surface area (Å²) in [4.78, 5) is 13.0. The number of amides is 1. The van der Waals surface area contributed by atoms with E-state index in [9.17, 15) is 13.2 Å². The third kappa shape index (κ3) is 3.08.